The van der Waals surface area contributed by atoms with E-state index in [4.69, 9.17) is 10.8 Å². The molecule has 6 heteroatoms. The van der Waals surface area contributed by atoms with Crippen LogP contribution in [0.3, 0.4) is 0 Å². The molecule has 0 spiro atoms. The van der Waals surface area contributed by atoms with E-state index in [1.165, 1.54) is 23.5 Å². The molecule has 0 saturated heterocycles. The molecule has 1 amide bonds. The molecule has 114 valence electrons. The van der Waals surface area contributed by atoms with Gasteiger partial charge in [-0.15, -0.1) is 11.3 Å². The molecule has 0 radical (unpaired) electrons. The fourth-order valence-electron chi connectivity index (χ4n) is 2.16. The fraction of sp³-hybridized carbons (Fsp3) is 0.400. The molecule has 0 aliphatic rings. The number of carbonyl (C=O) groups is 1. The summed E-state index contributed by atoms with van der Waals surface area (Å²) in [5, 5.41) is 9.33. The second-order valence-corrected chi connectivity index (χ2v) is 6.05. The average Bonchev–Trinajstić information content (AvgIpc) is 2.79. The predicted octanol–water partition coefficient (Wildman–Crippen LogP) is 2.86. The van der Waals surface area contributed by atoms with Crippen molar-refractivity contribution in [3.05, 3.63) is 28.9 Å². The lowest BCUT2D eigenvalue weighted by Crippen LogP contribution is -2.27. The van der Waals surface area contributed by atoms with Crippen molar-refractivity contribution >= 4 is 33.0 Å². The van der Waals surface area contributed by atoms with Gasteiger partial charge in [0, 0.05) is 30.3 Å². The molecule has 0 aliphatic carbocycles. The van der Waals surface area contributed by atoms with Gasteiger partial charge in [0.1, 0.15) is 10.7 Å². The van der Waals surface area contributed by atoms with Crippen molar-refractivity contribution in [3.63, 3.8) is 0 Å². The molecule has 0 aliphatic heterocycles. The summed E-state index contributed by atoms with van der Waals surface area (Å²) < 4.78 is 14.1. The minimum absolute atomic E-state index is 0.141. The predicted molar refractivity (Wildman–Crippen MR) is 84.1 cm³/mol. The number of aliphatic hydroxyl groups excluding tert-OH is 1. The van der Waals surface area contributed by atoms with E-state index in [9.17, 15) is 9.18 Å². The molecule has 1 aromatic carbocycles. The highest BCUT2D eigenvalue weighted by atomic mass is 32.1. The number of thiophene rings is 1. The molecule has 3 N–H and O–H groups in total. The average molecular weight is 310 g/mol. The van der Waals surface area contributed by atoms with Gasteiger partial charge in [0.15, 0.2) is 0 Å². The number of halogens is 1. The van der Waals surface area contributed by atoms with Crippen molar-refractivity contribution < 1.29 is 14.3 Å². The molecular weight excluding hydrogens is 291 g/mol. The molecule has 4 nitrogen and oxygen atoms in total. The Kier molecular flexibility index (Phi) is 5.14. The number of fused-ring (bicyclic) bond motifs is 1. The molecule has 0 atom stereocenters. The number of nitrogen functional groups attached to an aromatic ring is 1. The molecular formula is C15H19FN2O2S. The topological polar surface area (TPSA) is 66.6 Å². The van der Waals surface area contributed by atoms with E-state index in [0.717, 1.165) is 24.0 Å². The summed E-state index contributed by atoms with van der Waals surface area (Å²) in [6.07, 6.45) is 2.45. The van der Waals surface area contributed by atoms with Gasteiger partial charge in [0.25, 0.3) is 5.91 Å². The maximum atomic E-state index is 13.3. The van der Waals surface area contributed by atoms with Crippen LogP contribution >= 0.6 is 11.3 Å². The normalized spacial score (nSPS) is 11.0. The Bertz CT molecular complexity index is 642. The Morgan fingerprint density at radius 2 is 2.14 bits per heavy atom. The smallest absolute Gasteiger partial charge is 0.265 e. The van der Waals surface area contributed by atoms with Gasteiger partial charge in [-0.25, -0.2) is 4.39 Å². The van der Waals surface area contributed by atoms with Crippen molar-refractivity contribution in [2.24, 2.45) is 0 Å². The summed E-state index contributed by atoms with van der Waals surface area (Å²) in [6, 6.07) is 4.37. The van der Waals surface area contributed by atoms with Crippen LogP contribution in [0.4, 0.5) is 10.1 Å². The van der Waals surface area contributed by atoms with E-state index < -0.39 is 0 Å². The first-order chi connectivity index (χ1) is 10.0. The SMILES string of the molecule is CN(CCCCCO)C(=O)c1sc2ccc(F)cc2c1N. The maximum Gasteiger partial charge on any atom is 0.265 e. The van der Waals surface area contributed by atoms with Gasteiger partial charge in [-0.1, -0.05) is 0 Å². The van der Waals surface area contributed by atoms with E-state index in [0.29, 0.717) is 22.5 Å². The van der Waals surface area contributed by atoms with Crippen LogP contribution in [-0.2, 0) is 0 Å². The highest BCUT2D eigenvalue weighted by Crippen LogP contribution is 2.34. The van der Waals surface area contributed by atoms with Crippen molar-refractivity contribution in [1.29, 1.82) is 0 Å². The van der Waals surface area contributed by atoms with Crippen LogP contribution in [0.15, 0.2) is 18.2 Å². The zero-order chi connectivity index (χ0) is 15.4. The lowest BCUT2D eigenvalue weighted by molar-refractivity contribution is 0.0798. The Morgan fingerprint density at radius 1 is 1.38 bits per heavy atom. The van der Waals surface area contributed by atoms with Crippen LogP contribution in [0.2, 0.25) is 0 Å². The molecule has 2 rings (SSSR count). The minimum atomic E-state index is -0.358. The number of amides is 1. The number of benzene rings is 1. The van der Waals surface area contributed by atoms with Crippen molar-refractivity contribution in [3.8, 4) is 0 Å². The quantitative estimate of drug-likeness (QED) is 0.806. The van der Waals surface area contributed by atoms with Crippen LogP contribution in [0, 0.1) is 5.82 Å². The van der Waals surface area contributed by atoms with Crippen LogP contribution in [0.25, 0.3) is 10.1 Å². The number of carbonyl (C=O) groups excluding carboxylic acids is 1. The van der Waals surface area contributed by atoms with Crippen molar-refractivity contribution in [1.82, 2.24) is 4.90 Å². The number of aliphatic hydroxyl groups is 1. The zero-order valence-electron chi connectivity index (χ0n) is 11.9. The summed E-state index contributed by atoms with van der Waals surface area (Å²) in [5.74, 6) is -0.499. The Labute approximate surface area is 127 Å². The minimum Gasteiger partial charge on any atom is -0.397 e. The van der Waals surface area contributed by atoms with Crippen LogP contribution in [-0.4, -0.2) is 36.1 Å². The summed E-state index contributed by atoms with van der Waals surface area (Å²) >= 11 is 1.29. The monoisotopic (exact) mass is 310 g/mol. The van der Waals surface area contributed by atoms with E-state index in [1.807, 2.05) is 0 Å². The zero-order valence-corrected chi connectivity index (χ0v) is 12.8. The molecule has 0 unspecified atom stereocenters. The van der Waals surface area contributed by atoms with E-state index in [1.54, 1.807) is 18.0 Å². The Balaban J connectivity index is 2.13. The second-order valence-electron chi connectivity index (χ2n) is 5.00. The third kappa shape index (κ3) is 3.51. The Hall–Kier alpha value is -1.66. The fourth-order valence-corrected chi connectivity index (χ4v) is 3.26. The molecule has 0 fully saturated rings. The first kappa shape index (κ1) is 15.7. The van der Waals surface area contributed by atoms with Gasteiger partial charge in [-0.2, -0.15) is 0 Å². The number of nitrogens with zero attached hydrogens (tertiary/aromatic N) is 1. The number of nitrogens with two attached hydrogens (primary N) is 1. The Morgan fingerprint density at radius 3 is 2.86 bits per heavy atom. The number of hydrogen-bond donors (Lipinski definition) is 2. The number of anilines is 1. The van der Waals surface area contributed by atoms with Gasteiger partial charge in [-0.05, 0) is 37.5 Å². The molecule has 21 heavy (non-hydrogen) atoms. The van der Waals surface area contributed by atoms with Crippen LogP contribution < -0.4 is 5.73 Å². The number of rotatable bonds is 6. The molecule has 1 aromatic heterocycles. The highest BCUT2D eigenvalue weighted by molar-refractivity contribution is 7.21. The van der Waals surface area contributed by atoms with Gasteiger partial charge < -0.3 is 15.7 Å². The summed E-state index contributed by atoms with van der Waals surface area (Å²) in [5.41, 5.74) is 6.33. The second kappa shape index (κ2) is 6.87. The number of hydrogen-bond acceptors (Lipinski definition) is 4. The lowest BCUT2D eigenvalue weighted by atomic mass is 10.2. The largest absolute Gasteiger partial charge is 0.397 e. The summed E-state index contributed by atoms with van der Waals surface area (Å²) in [7, 11) is 1.73. The van der Waals surface area contributed by atoms with Crippen molar-refractivity contribution in [2.75, 3.05) is 25.9 Å². The molecule has 1 heterocycles. The van der Waals surface area contributed by atoms with E-state index in [2.05, 4.69) is 0 Å². The third-order valence-corrected chi connectivity index (χ3v) is 4.56. The third-order valence-electron chi connectivity index (χ3n) is 3.38. The maximum absolute atomic E-state index is 13.3. The molecule has 0 bridgehead atoms. The van der Waals surface area contributed by atoms with Gasteiger partial charge in [-0.3, -0.25) is 4.79 Å². The van der Waals surface area contributed by atoms with Gasteiger partial charge in [0.05, 0.1) is 5.69 Å². The van der Waals surface area contributed by atoms with Gasteiger partial charge >= 0.3 is 0 Å². The van der Waals surface area contributed by atoms with E-state index in [-0.39, 0.29) is 18.3 Å². The molecule has 0 saturated carbocycles. The van der Waals surface area contributed by atoms with Crippen molar-refractivity contribution in [2.45, 2.75) is 19.3 Å². The summed E-state index contributed by atoms with van der Waals surface area (Å²) in [4.78, 5) is 14.5. The summed E-state index contributed by atoms with van der Waals surface area (Å²) in [6.45, 7) is 0.785. The van der Waals surface area contributed by atoms with Crippen LogP contribution in [0.5, 0.6) is 0 Å². The first-order valence-electron chi connectivity index (χ1n) is 6.88. The van der Waals surface area contributed by atoms with E-state index >= 15 is 0 Å². The van der Waals surface area contributed by atoms with Gasteiger partial charge in [0.2, 0.25) is 0 Å². The standard InChI is InChI=1S/C15H19FN2O2S/c1-18(7-3-2-4-8-19)15(20)14-13(17)11-9-10(16)5-6-12(11)21-14/h5-6,9,19H,2-4,7-8,17H2,1H3. The lowest BCUT2D eigenvalue weighted by Gasteiger charge is -2.16. The highest BCUT2D eigenvalue weighted by Gasteiger charge is 2.19. The number of unbranched alkanes of at least 4 members (excludes halogenated alkanes) is 2. The first-order valence-corrected chi connectivity index (χ1v) is 7.70. The molecule has 2 aromatic rings. The van der Waals surface area contributed by atoms with Crippen LogP contribution in [0.1, 0.15) is 28.9 Å².